The standard InChI is InChI=1S/C18H16N2O3/c21-17-15(18(22)23)16(13-8-4-5-9-14(13)20-17)19-11-10-12-6-2-1-3-7-12/h1-9H,10-11H2,(H,22,23)(H2,19,20,21). The van der Waals surface area contributed by atoms with Crippen LogP contribution in [-0.2, 0) is 6.42 Å². The summed E-state index contributed by atoms with van der Waals surface area (Å²) in [7, 11) is 0. The van der Waals surface area contributed by atoms with Gasteiger partial charge in [0.25, 0.3) is 5.56 Å². The summed E-state index contributed by atoms with van der Waals surface area (Å²) in [6.07, 6.45) is 0.737. The van der Waals surface area contributed by atoms with Crippen molar-refractivity contribution in [3.05, 3.63) is 76.1 Å². The first-order valence-corrected chi connectivity index (χ1v) is 7.33. The van der Waals surface area contributed by atoms with Crippen molar-refractivity contribution in [2.75, 3.05) is 11.9 Å². The molecule has 3 N–H and O–H groups in total. The number of carbonyl (C=O) groups is 1. The molecule has 1 aromatic heterocycles. The number of hydrogen-bond donors (Lipinski definition) is 3. The normalized spacial score (nSPS) is 10.6. The van der Waals surface area contributed by atoms with Crippen LogP contribution in [-0.4, -0.2) is 22.6 Å². The van der Waals surface area contributed by atoms with Crippen molar-refractivity contribution in [1.82, 2.24) is 4.98 Å². The number of fused-ring (bicyclic) bond motifs is 1. The van der Waals surface area contributed by atoms with Gasteiger partial charge >= 0.3 is 5.97 Å². The van der Waals surface area contributed by atoms with Gasteiger partial charge in [-0.1, -0.05) is 48.5 Å². The molecule has 0 amide bonds. The highest BCUT2D eigenvalue weighted by molar-refractivity contribution is 6.04. The SMILES string of the molecule is O=C(O)c1c(NCCc2ccccc2)c2ccccc2[nH]c1=O. The molecule has 0 fully saturated rings. The highest BCUT2D eigenvalue weighted by atomic mass is 16.4. The number of aromatic carboxylic acids is 1. The van der Waals surface area contributed by atoms with Crippen LogP contribution < -0.4 is 10.9 Å². The summed E-state index contributed by atoms with van der Waals surface area (Å²) >= 11 is 0. The maximum Gasteiger partial charge on any atom is 0.343 e. The minimum absolute atomic E-state index is 0.253. The second kappa shape index (κ2) is 6.36. The first-order chi connectivity index (χ1) is 11.2. The fraction of sp³-hybridized carbons (Fsp3) is 0.111. The maximum atomic E-state index is 12.1. The zero-order valence-electron chi connectivity index (χ0n) is 12.4. The zero-order valence-corrected chi connectivity index (χ0v) is 12.4. The molecule has 0 aliphatic carbocycles. The Morgan fingerprint density at radius 2 is 1.74 bits per heavy atom. The van der Waals surface area contributed by atoms with Gasteiger partial charge in [0, 0.05) is 11.9 Å². The number of carboxylic acid groups (broad SMARTS) is 1. The lowest BCUT2D eigenvalue weighted by molar-refractivity contribution is 0.0696. The average molecular weight is 308 g/mol. The second-order valence-electron chi connectivity index (χ2n) is 5.22. The van der Waals surface area contributed by atoms with Crippen LogP contribution in [0.1, 0.15) is 15.9 Å². The van der Waals surface area contributed by atoms with Gasteiger partial charge in [0.05, 0.1) is 11.2 Å². The van der Waals surface area contributed by atoms with Crippen LogP contribution in [0.4, 0.5) is 5.69 Å². The molecule has 0 atom stereocenters. The molecule has 2 aromatic carbocycles. The molecule has 0 bridgehead atoms. The molecule has 0 aliphatic rings. The predicted octanol–water partition coefficient (Wildman–Crippen LogP) is 2.88. The fourth-order valence-electron chi connectivity index (χ4n) is 2.61. The van der Waals surface area contributed by atoms with E-state index in [-0.39, 0.29) is 5.56 Å². The maximum absolute atomic E-state index is 12.1. The lowest BCUT2D eigenvalue weighted by atomic mass is 10.1. The Morgan fingerprint density at radius 1 is 1.04 bits per heavy atom. The highest BCUT2D eigenvalue weighted by Gasteiger charge is 2.18. The molecule has 0 spiro atoms. The van der Waals surface area contributed by atoms with Crippen molar-refractivity contribution in [2.45, 2.75) is 6.42 Å². The fourth-order valence-corrected chi connectivity index (χ4v) is 2.61. The molecule has 3 aromatic rings. The summed E-state index contributed by atoms with van der Waals surface area (Å²) in [4.78, 5) is 26.1. The minimum atomic E-state index is -1.24. The van der Waals surface area contributed by atoms with Gasteiger partial charge in [-0.05, 0) is 18.1 Å². The van der Waals surface area contributed by atoms with Crippen LogP contribution in [0.2, 0.25) is 0 Å². The van der Waals surface area contributed by atoms with E-state index in [1.165, 1.54) is 0 Å². The van der Waals surface area contributed by atoms with E-state index in [0.29, 0.717) is 23.1 Å². The number of nitrogens with one attached hydrogen (secondary N) is 2. The smallest absolute Gasteiger partial charge is 0.343 e. The van der Waals surface area contributed by atoms with E-state index in [2.05, 4.69) is 10.3 Å². The van der Waals surface area contributed by atoms with Gasteiger partial charge in [0.15, 0.2) is 0 Å². The molecule has 5 nitrogen and oxygen atoms in total. The van der Waals surface area contributed by atoms with Crippen LogP contribution in [0, 0.1) is 0 Å². The Labute approximate surface area is 132 Å². The van der Waals surface area contributed by atoms with Crippen LogP contribution in [0.3, 0.4) is 0 Å². The van der Waals surface area contributed by atoms with Crippen molar-refractivity contribution < 1.29 is 9.90 Å². The summed E-state index contributed by atoms with van der Waals surface area (Å²) in [5.74, 6) is -1.24. The lowest BCUT2D eigenvalue weighted by Crippen LogP contribution is -2.21. The number of anilines is 1. The quantitative estimate of drug-likeness (QED) is 0.677. The second-order valence-corrected chi connectivity index (χ2v) is 5.22. The third kappa shape index (κ3) is 3.08. The third-order valence-electron chi connectivity index (χ3n) is 3.69. The molecule has 23 heavy (non-hydrogen) atoms. The van der Waals surface area contributed by atoms with Crippen molar-refractivity contribution in [3.63, 3.8) is 0 Å². The number of aromatic amines is 1. The number of benzene rings is 2. The number of para-hydroxylation sites is 1. The van der Waals surface area contributed by atoms with E-state index in [0.717, 1.165) is 12.0 Å². The Morgan fingerprint density at radius 3 is 2.48 bits per heavy atom. The third-order valence-corrected chi connectivity index (χ3v) is 3.69. The van der Waals surface area contributed by atoms with E-state index in [1.807, 2.05) is 36.4 Å². The molecule has 116 valence electrons. The van der Waals surface area contributed by atoms with Crippen molar-refractivity contribution >= 4 is 22.6 Å². The zero-order chi connectivity index (χ0) is 16.2. The van der Waals surface area contributed by atoms with Crippen LogP contribution in [0.25, 0.3) is 10.9 Å². The number of hydrogen-bond acceptors (Lipinski definition) is 3. The van der Waals surface area contributed by atoms with Gasteiger partial charge in [-0.15, -0.1) is 0 Å². The topological polar surface area (TPSA) is 82.2 Å². The lowest BCUT2D eigenvalue weighted by Gasteiger charge is -2.12. The first-order valence-electron chi connectivity index (χ1n) is 7.33. The van der Waals surface area contributed by atoms with Crippen LogP contribution >= 0.6 is 0 Å². The van der Waals surface area contributed by atoms with Gasteiger partial charge in [-0.25, -0.2) is 4.79 Å². The van der Waals surface area contributed by atoms with Crippen molar-refractivity contribution in [2.24, 2.45) is 0 Å². The molecule has 0 aliphatic heterocycles. The van der Waals surface area contributed by atoms with E-state index in [4.69, 9.17) is 0 Å². The van der Waals surface area contributed by atoms with E-state index >= 15 is 0 Å². The molecule has 0 radical (unpaired) electrons. The number of rotatable bonds is 5. The monoisotopic (exact) mass is 308 g/mol. The average Bonchev–Trinajstić information content (AvgIpc) is 2.55. The van der Waals surface area contributed by atoms with E-state index in [9.17, 15) is 14.7 Å². The minimum Gasteiger partial charge on any atom is -0.477 e. The highest BCUT2D eigenvalue weighted by Crippen LogP contribution is 2.23. The number of H-pyrrole nitrogens is 1. The van der Waals surface area contributed by atoms with Crippen molar-refractivity contribution in [1.29, 1.82) is 0 Å². The summed E-state index contributed by atoms with van der Waals surface area (Å²) < 4.78 is 0. The predicted molar refractivity (Wildman–Crippen MR) is 90.2 cm³/mol. The summed E-state index contributed by atoms with van der Waals surface area (Å²) in [5.41, 5.74) is 1.28. The number of carboxylic acids is 1. The van der Waals surface area contributed by atoms with Gasteiger partial charge in [0.1, 0.15) is 5.56 Å². The summed E-state index contributed by atoms with van der Waals surface area (Å²) in [5, 5.41) is 13.2. The Bertz CT molecular complexity index is 901. The van der Waals surface area contributed by atoms with E-state index in [1.54, 1.807) is 18.2 Å². The largest absolute Gasteiger partial charge is 0.477 e. The number of aromatic nitrogens is 1. The molecular weight excluding hydrogens is 292 g/mol. The molecule has 3 rings (SSSR count). The Balaban J connectivity index is 1.96. The summed E-state index contributed by atoms with van der Waals surface area (Å²) in [6.45, 7) is 0.539. The van der Waals surface area contributed by atoms with Gasteiger partial charge in [-0.2, -0.15) is 0 Å². The summed E-state index contributed by atoms with van der Waals surface area (Å²) in [6, 6.07) is 17.0. The Hall–Kier alpha value is -3.08. The molecule has 0 unspecified atom stereocenters. The van der Waals surface area contributed by atoms with Gasteiger partial charge in [-0.3, -0.25) is 4.79 Å². The van der Waals surface area contributed by atoms with Crippen LogP contribution in [0.15, 0.2) is 59.4 Å². The molecule has 5 heteroatoms. The molecule has 1 heterocycles. The molecule has 0 saturated heterocycles. The van der Waals surface area contributed by atoms with E-state index < -0.39 is 11.5 Å². The van der Waals surface area contributed by atoms with Gasteiger partial charge in [0.2, 0.25) is 0 Å². The molecule has 0 saturated carbocycles. The Kier molecular flexibility index (Phi) is 4.10. The van der Waals surface area contributed by atoms with Gasteiger partial charge < -0.3 is 15.4 Å². The number of pyridine rings is 1. The first kappa shape index (κ1) is 14.8. The van der Waals surface area contributed by atoms with Crippen molar-refractivity contribution in [3.8, 4) is 0 Å². The molecular formula is C18H16N2O3. The van der Waals surface area contributed by atoms with Crippen LogP contribution in [0.5, 0.6) is 0 Å².